The maximum Gasteiger partial charge on any atom is 0.246 e. The molecule has 0 saturated heterocycles. The van der Waals surface area contributed by atoms with Crippen molar-refractivity contribution in [2.75, 3.05) is 6.61 Å². The summed E-state index contributed by atoms with van der Waals surface area (Å²) in [5, 5.41) is 0. The number of hydrogen-bond donors (Lipinski definition) is 0. The lowest BCUT2D eigenvalue weighted by Gasteiger charge is -2.10. The SMILES string of the molecule is CCO[C@H]1C=Cc2nc(C)oc2N=CC1. The molecule has 0 N–H and O–H groups in total. The molecule has 1 aliphatic heterocycles. The smallest absolute Gasteiger partial charge is 0.246 e. The van der Waals surface area contributed by atoms with Crippen LogP contribution >= 0.6 is 0 Å². The van der Waals surface area contributed by atoms with Crippen LogP contribution in [0.5, 0.6) is 0 Å². The molecule has 80 valence electrons. The van der Waals surface area contributed by atoms with Crippen LogP contribution in [0.25, 0.3) is 6.08 Å². The monoisotopic (exact) mass is 206 g/mol. The van der Waals surface area contributed by atoms with Crippen molar-refractivity contribution < 1.29 is 9.15 Å². The Kier molecular flexibility index (Phi) is 2.97. The van der Waals surface area contributed by atoms with Crippen LogP contribution in [0.4, 0.5) is 5.88 Å². The van der Waals surface area contributed by atoms with E-state index in [1.54, 1.807) is 0 Å². The molecule has 2 rings (SSSR count). The van der Waals surface area contributed by atoms with Gasteiger partial charge in [0.05, 0.1) is 6.10 Å². The normalized spacial score (nSPS) is 19.7. The van der Waals surface area contributed by atoms with Crippen LogP contribution < -0.4 is 0 Å². The maximum atomic E-state index is 5.50. The highest BCUT2D eigenvalue weighted by molar-refractivity contribution is 5.68. The van der Waals surface area contributed by atoms with Gasteiger partial charge in [-0.2, -0.15) is 0 Å². The molecule has 1 aliphatic rings. The number of fused-ring (bicyclic) bond motifs is 1. The van der Waals surface area contributed by atoms with Gasteiger partial charge in [-0.05, 0) is 13.0 Å². The Hall–Kier alpha value is -1.42. The van der Waals surface area contributed by atoms with Crippen LogP contribution in [0.3, 0.4) is 0 Å². The highest BCUT2D eigenvalue weighted by Crippen LogP contribution is 2.23. The Morgan fingerprint density at radius 2 is 2.47 bits per heavy atom. The average Bonchev–Trinajstić information content (AvgIpc) is 2.52. The highest BCUT2D eigenvalue weighted by atomic mass is 16.5. The van der Waals surface area contributed by atoms with Crippen LogP contribution in [0.15, 0.2) is 15.5 Å². The molecule has 0 amide bonds. The second-order valence-electron chi connectivity index (χ2n) is 3.32. The maximum absolute atomic E-state index is 5.50. The Bertz CT molecular complexity index is 393. The molecule has 0 saturated carbocycles. The van der Waals surface area contributed by atoms with Gasteiger partial charge in [-0.15, -0.1) is 0 Å². The van der Waals surface area contributed by atoms with Gasteiger partial charge in [-0.3, -0.25) is 0 Å². The lowest BCUT2D eigenvalue weighted by Crippen LogP contribution is -2.10. The third-order valence-corrected chi connectivity index (χ3v) is 2.14. The van der Waals surface area contributed by atoms with E-state index in [2.05, 4.69) is 9.98 Å². The number of nitrogens with zero attached hydrogens (tertiary/aromatic N) is 2. The second-order valence-corrected chi connectivity index (χ2v) is 3.32. The van der Waals surface area contributed by atoms with Crippen LogP contribution in [0, 0.1) is 6.92 Å². The van der Waals surface area contributed by atoms with Crippen molar-refractivity contribution in [3.05, 3.63) is 17.7 Å². The lowest BCUT2D eigenvalue weighted by atomic mass is 10.2. The Labute approximate surface area is 88.7 Å². The quantitative estimate of drug-likeness (QED) is 0.747. The predicted octanol–water partition coefficient (Wildman–Crippen LogP) is 2.51. The fourth-order valence-corrected chi connectivity index (χ4v) is 1.49. The minimum absolute atomic E-state index is 0.0870. The molecule has 2 heterocycles. The molecular formula is C11H14N2O2. The van der Waals surface area contributed by atoms with Gasteiger partial charge in [0.25, 0.3) is 0 Å². The average molecular weight is 206 g/mol. The van der Waals surface area contributed by atoms with Crippen molar-refractivity contribution in [3.63, 3.8) is 0 Å². The zero-order chi connectivity index (χ0) is 10.7. The van der Waals surface area contributed by atoms with Gasteiger partial charge in [0, 0.05) is 26.2 Å². The lowest BCUT2D eigenvalue weighted by molar-refractivity contribution is 0.103. The van der Waals surface area contributed by atoms with Gasteiger partial charge in [-0.1, -0.05) is 6.08 Å². The van der Waals surface area contributed by atoms with E-state index >= 15 is 0 Å². The zero-order valence-corrected chi connectivity index (χ0v) is 8.93. The van der Waals surface area contributed by atoms with E-state index in [0.717, 1.165) is 12.1 Å². The van der Waals surface area contributed by atoms with Gasteiger partial charge in [0.15, 0.2) is 5.89 Å². The van der Waals surface area contributed by atoms with E-state index in [4.69, 9.17) is 9.15 Å². The van der Waals surface area contributed by atoms with Gasteiger partial charge in [0.1, 0.15) is 5.69 Å². The molecule has 15 heavy (non-hydrogen) atoms. The molecule has 1 atom stereocenters. The van der Waals surface area contributed by atoms with Gasteiger partial charge >= 0.3 is 0 Å². The molecule has 0 aromatic carbocycles. The number of aryl methyl sites for hydroxylation is 1. The summed E-state index contributed by atoms with van der Waals surface area (Å²) in [5.41, 5.74) is 0.771. The summed E-state index contributed by atoms with van der Waals surface area (Å²) in [6, 6.07) is 0. The number of oxazole rings is 1. The summed E-state index contributed by atoms with van der Waals surface area (Å²) in [6.07, 6.45) is 6.57. The van der Waals surface area contributed by atoms with E-state index < -0.39 is 0 Å². The Morgan fingerprint density at radius 1 is 1.60 bits per heavy atom. The molecule has 0 fully saturated rings. The summed E-state index contributed by atoms with van der Waals surface area (Å²) < 4.78 is 10.8. The van der Waals surface area contributed by atoms with Crippen molar-refractivity contribution in [2.24, 2.45) is 4.99 Å². The fourth-order valence-electron chi connectivity index (χ4n) is 1.49. The van der Waals surface area contributed by atoms with Crippen molar-refractivity contribution in [2.45, 2.75) is 26.4 Å². The second kappa shape index (κ2) is 4.40. The number of ether oxygens (including phenoxy) is 1. The van der Waals surface area contributed by atoms with Gasteiger partial charge < -0.3 is 9.15 Å². The van der Waals surface area contributed by atoms with E-state index in [9.17, 15) is 0 Å². The Balaban J connectivity index is 2.24. The minimum atomic E-state index is 0.0870. The summed E-state index contributed by atoms with van der Waals surface area (Å²) in [7, 11) is 0. The molecule has 1 aromatic rings. The third kappa shape index (κ3) is 2.33. The number of hydrogen-bond acceptors (Lipinski definition) is 4. The summed E-state index contributed by atoms with van der Waals surface area (Å²) in [4.78, 5) is 8.44. The van der Waals surface area contributed by atoms with E-state index in [1.165, 1.54) is 0 Å². The summed E-state index contributed by atoms with van der Waals surface area (Å²) >= 11 is 0. The van der Waals surface area contributed by atoms with Crippen LogP contribution in [-0.2, 0) is 4.74 Å². The predicted molar refractivity (Wildman–Crippen MR) is 58.5 cm³/mol. The molecule has 0 unspecified atom stereocenters. The Morgan fingerprint density at radius 3 is 3.27 bits per heavy atom. The number of aliphatic imine (C=N–C) groups is 1. The summed E-state index contributed by atoms with van der Waals surface area (Å²) in [6.45, 7) is 4.50. The molecule has 0 radical (unpaired) electrons. The van der Waals surface area contributed by atoms with Crippen LogP contribution in [0.2, 0.25) is 0 Å². The topological polar surface area (TPSA) is 47.6 Å². The largest absolute Gasteiger partial charge is 0.423 e. The van der Waals surface area contributed by atoms with Crippen LogP contribution in [-0.4, -0.2) is 23.9 Å². The first-order valence-corrected chi connectivity index (χ1v) is 5.09. The molecule has 0 bridgehead atoms. The highest BCUT2D eigenvalue weighted by Gasteiger charge is 2.11. The van der Waals surface area contributed by atoms with Crippen molar-refractivity contribution in [1.29, 1.82) is 0 Å². The third-order valence-electron chi connectivity index (χ3n) is 2.14. The van der Waals surface area contributed by atoms with E-state index in [0.29, 0.717) is 18.4 Å². The standard InChI is InChI=1S/C11H14N2O2/c1-3-14-9-4-5-10-11(12-7-6-9)15-8(2)13-10/h4-5,7,9H,3,6H2,1-2H3/t9-/m0/s1. The van der Waals surface area contributed by atoms with E-state index in [-0.39, 0.29) is 6.10 Å². The molecule has 0 aliphatic carbocycles. The fraction of sp³-hybridized carbons (Fsp3) is 0.455. The van der Waals surface area contributed by atoms with Gasteiger partial charge in [-0.25, -0.2) is 9.98 Å². The van der Waals surface area contributed by atoms with Crippen molar-refractivity contribution >= 4 is 18.2 Å². The molecular weight excluding hydrogens is 192 g/mol. The molecule has 4 nitrogen and oxygen atoms in total. The van der Waals surface area contributed by atoms with Gasteiger partial charge in [0.2, 0.25) is 5.88 Å². The van der Waals surface area contributed by atoms with Crippen LogP contribution in [0.1, 0.15) is 24.9 Å². The van der Waals surface area contributed by atoms with E-state index in [1.807, 2.05) is 32.2 Å². The molecule has 1 aromatic heterocycles. The van der Waals surface area contributed by atoms with Crippen molar-refractivity contribution in [1.82, 2.24) is 4.98 Å². The zero-order valence-electron chi connectivity index (χ0n) is 8.93. The first kappa shape index (κ1) is 10.1. The summed E-state index contributed by atoms with van der Waals surface area (Å²) in [5.74, 6) is 1.22. The minimum Gasteiger partial charge on any atom is -0.423 e. The first-order valence-electron chi connectivity index (χ1n) is 5.09. The number of aromatic nitrogens is 1. The molecule has 4 heteroatoms. The van der Waals surface area contributed by atoms with Crippen molar-refractivity contribution in [3.8, 4) is 0 Å². The first-order chi connectivity index (χ1) is 7.29. The molecule has 0 spiro atoms. The number of rotatable bonds is 2.